The van der Waals surface area contributed by atoms with Crippen LogP contribution in [0.2, 0.25) is 5.02 Å². The van der Waals surface area contributed by atoms with Crippen molar-refractivity contribution in [3.63, 3.8) is 0 Å². The Kier molecular flexibility index (Phi) is 4.60. The number of anilines is 2. The average molecular weight is 422 g/mol. The highest BCUT2D eigenvalue weighted by Gasteiger charge is 2.33. The van der Waals surface area contributed by atoms with Crippen LogP contribution in [0.4, 0.5) is 29.7 Å². The Labute approximate surface area is 166 Å². The van der Waals surface area contributed by atoms with Gasteiger partial charge in [0.15, 0.2) is 5.13 Å². The van der Waals surface area contributed by atoms with Crippen molar-refractivity contribution >= 4 is 57.3 Å². The number of halogens is 4. The van der Waals surface area contributed by atoms with E-state index in [4.69, 9.17) is 11.6 Å². The maximum Gasteiger partial charge on any atom is 0.417 e. The highest BCUT2D eigenvalue weighted by molar-refractivity contribution is 7.16. The number of aromatic nitrogens is 1. The molecule has 0 saturated carbocycles. The van der Waals surface area contributed by atoms with Crippen LogP contribution in [0.15, 0.2) is 47.5 Å². The summed E-state index contributed by atoms with van der Waals surface area (Å²) < 4.78 is 39.0. The van der Waals surface area contributed by atoms with E-state index >= 15 is 0 Å². The van der Waals surface area contributed by atoms with Crippen LogP contribution < -0.4 is 5.32 Å². The van der Waals surface area contributed by atoms with E-state index in [-0.39, 0.29) is 21.7 Å². The summed E-state index contributed by atoms with van der Waals surface area (Å²) in [7, 11) is 0. The van der Waals surface area contributed by atoms with Crippen LogP contribution in [0.25, 0.3) is 11.6 Å². The van der Waals surface area contributed by atoms with Gasteiger partial charge in [0.1, 0.15) is 0 Å². The predicted octanol–water partition coefficient (Wildman–Crippen LogP) is 6.52. The quantitative estimate of drug-likeness (QED) is 0.506. The lowest BCUT2D eigenvalue weighted by Gasteiger charge is -2.11. The van der Waals surface area contributed by atoms with Gasteiger partial charge in [0.05, 0.1) is 21.2 Å². The van der Waals surface area contributed by atoms with Crippen molar-refractivity contribution in [2.75, 3.05) is 5.32 Å². The van der Waals surface area contributed by atoms with Gasteiger partial charge < -0.3 is 10.4 Å². The van der Waals surface area contributed by atoms with Gasteiger partial charge in [-0.05, 0) is 30.3 Å². The molecular weight excluding hydrogens is 411 g/mol. The fourth-order valence-electron chi connectivity index (χ4n) is 2.71. The molecule has 2 N–H and O–H groups in total. The summed E-state index contributed by atoms with van der Waals surface area (Å²) in [5, 5.41) is 12.8. The molecule has 2 aromatic carbocycles. The molecule has 0 spiro atoms. The number of alkyl halides is 3. The molecule has 0 bridgehead atoms. The molecule has 9 heteroatoms. The van der Waals surface area contributed by atoms with Crippen LogP contribution in [0, 0.1) is 0 Å². The number of fused-ring (bicyclic) bond motifs is 1. The molecule has 0 fully saturated rings. The van der Waals surface area contributed by atoms with Gasteiger partial charge >= 0.3 is 6.18 Å². The summed E-state index contributed by atoms with van der Waals surface area (Å²) in [6.07, 6.45) is -1.15. The third-order valence-corrected chi connectivity index (χ3v) is 5.24. The highest BCUT2D eigenvalue weighted by Crippen LogP contribution is 2.39. The van der Waals surface area contributed by atoms with Crippen molar-refractivity contribution in [3.8, 4) is 5.88 Å². The van der Waals surface area contributed by atoms with Gasteiger partial charge in [0, 0.05) is 23.0 Å². The van der Waals surface area contributed by atoms with E-state index in [1.807, 2.05) is 24.3 Å². The molecule has 1 aliphatic rings. The van der Waals surface area contributed by atoms with E-state index in [0.717, 1.165) is 40.3 Å². The fourth-order valence-corrected chi connectivity index (χ4v) is 3.77. The van der Waals surface area contributed by atoms with Gasteiger partial charge in [-0.3, -0.25) is 4.99 Å². The standard InChI is InChI=1S/C19H11ClF3N3OS/c20-14-6-5-11(8-13(14)19(21,22)23)25-18-26-17(27)16(28-18)7-10-9-24-15-4-2-1-3-12(10)15/h1-9,27H,(H,25,26)/b10-7-. The summed E-state index contributed by atoms with van der Waals surface area (Å²) in [6, 6.07) is 11.0. The van der Waals surface area contributed by atoms with E-state index in [1.165, 1.54) is 6.07 Å². The first-order valence-corrected chi connectivity index (χ1v) is 9.19. The molecule has 0 saturated heterocycles. The summed E-state index contributed by atoms with van der Waals surface area (Å²) in [5.41, 5.74) is 1.79. The van der Waals surface area contributed by atoms with E-state index in [1.54, 1.807) is 12.3 Å². The highest BCUT2D eigenvalue weighted by atomic mass is 35.5. The molecule has 1 aliphatic heterocycles. The van der Waals surface area contributed by atoms with Crippen LogP contribution in [-0.2, 0) is 6.18 Å². The Morgan fingerprint density at radius 1 is 1.14 bits per heavy atom. The van der Waals surface area contributed by atoms with E-state index < -0.39 is 11.7 Å². The van der Waals surface area contributed by atoms with E-state index in [0.29, 0.717) is 4.88 Å². The molecule has 3 aromatic rings. The topological polar surface area (TPSA) is 57.5 Å². The maximum atomic E-state index is 13.0. The summed E-state index contributed by atoms with van der Waals surface area (Å²) in [5.74, 6) is -0.220. The van der Waals surface area contributed by atoms with Gasteiger partial charge in [-0.1, -0.05) is 41.1 Å². The molecule has 1 aromatic heterocycles. The van der Waals surface area contributed by atoms with E-state index in [2.05, 4.69) is 15.3 Å². The number of thiazole rings is 1. The van der Waals surface area contributed by atoms with Crippen molar-refractivity contribution < 1.29 is 18.3 Å². The number of aromatic hydroxyl groups is 1. The molecule has 0 unspecified atom stereocenters. The van der Waals surface area contributed by atoms with Crippen LogP contribution >= 0.6 is 22.9 Å². The zero-order chi connectivity index (χ0) is 19.9. The van der Waals surface area contributed by atoms with E-state index in [9.17, 15) is 18.3 Å². The number of para-hydroxylation sites is 1. The monoisotopic (exact) mass is 421 g/mol. The third-order valence-electron chi connectivity index (χ3n) is 4.00. The first-order valence-electron chi connectivity index (χ1n) is 8.00. The molecule has 4 nitrogen and oxygen atoms in total. The van der Waals surface area contributed by atoms with Crippen molar-refractivity contribution in [1.82, 2.24) is 4.98 Å². The molecule has 0 aliphatic carbocycles. The first-order chi connectivity index (χ1) is 13.3. The molecular formula is C19H11ClF3N3OS. The second-order valence-electron chi connectivity index (χ2n) is 5.90. The number of nitrogens with one attached hydrogen (secondary N) is 1. The number of hydrogen-bond acceptors (Lipinski definition) is 5. The van der Waals surface area contributed by atoms with Crippen molar-refractivity contribution in [2.45, 2.75) is 6.18 Å². The van der Waals surface area contributed by atoms with Gasteiger partial charge in [0.2, 0.25) is 5.88 Å². The number of aliphatic imine (C=N–C) groups is 1. The van der Waals surface area contributed by atoms with Crippen molar-refractivity contribution in [2.24, 2.45) is 4.99 Å². The summed E-state index contributed by atoms with van der Waals surface area (Å²) in [4.78, 5) is 8.74. The Hall–Kier alpha value is -2.84. The minimum atomic E-state index is -4.56. The zero-order valence-corrected chi connectivity index (χ0v) is 15.5. The Balaban J connectivity index is 1.62. The number of allylic oxidation sites excluding steroid dienone is 1. The van der Waals surface area contributed by atoms with Crippen LogP contribution in [0.5, 0.6) is 5.88 Å². The molecule has 0 atom stereocenters. The molecule has 28 heavy (non-hydrogen) atoms. The second kappa shape index (κ2) is 6.96. The van der Waals surface area contributed by atoms with Crippen LogP contribution in [0.3, 0.4) is 0 Å². The Morgan fingerprint density at radius 3 is 2.71 bits per heavy atom. The van der Waals surface area contributed by atoms with Gasteiger partial charge in [-0.25, -0.2) is 0 Å². The number of nitrogens with zero attached hydrogens (tertiary/aromatic N) is 2. The molecule has 4 rings (SSSR count). The van der Waals surface area contributed by atoms with Gasteiger partial charge in [0.25, 0.3) is 0 Å². The predicted molar refractivity (Wildman–Crippen MR) is 106 cm³/mol. The molecule has 0 amide bonds. The third kappa shape index (κ3) is 3.61. The van der Waals surface area contributed by atoms with Gasteiger partial charge in [-0.2, -0.15) is 18.2 Å². The van der Waals surface area contributed by atoms with Crippen LogP contribution in [0.1, 0.15) is 16.0 Å². The number of hydrogen-bond donors (Lipinski definition) is 2. The van der Waals surface area contributed by atoms with Crippen LogP contribution in [-0.4, -0.2) is 16.3 Å². The minimum absolute atomic E-state index is 0.164. The first kappa shape index (κ1) is 18.5. The molecule has 2 heterocycles. The zero-order valence-electron chi connectivity index (χ0n) is 14.0. The number of benzene rings is 2. The second-order valence-corrected chi connectivity index (χ2v) is 7.34. The lowest BCUT2D eigenvalue weighted by atomic mass is 10.1. The lowest BCUT2D eigenvalue weighted by Crippen LogP contribution is -2.06. The minimum Gasteiger partial charge on any atom is -0.492 e. The Bertz CT molecular complexity index is 1120. The fraction of sp³-hybridized carbons (Fsp3) is 0.0526. The van der Waals surface area contributed by atoms with Crippen molar-refractivity contribution in [3.05, 3.63) is 63.5 Å². The SMILES string of the molecule is Oc1nc(Nc2ccc(Cl)c(C(F)(F)F)c2)sc1/C=C1/C=Nc2ccccc21. The smallest absolute Gasteiger partial charge is 0.417 e. The largest absolute Gasteiger partial charge is 0.492 e. The maximum absolute atomic E-state index is 13.0. The van der Waals surface area contributed by atoms with Gasteiger partial charge in [-0.15, -0.1) is 0 Å². The molecule has 0 radical (unpaired) electrons. The lowest BCUT2D eigenvalue weighted by molar-refractivity contribution is -0.137. The van der Waals surface area contributed by atoms with Crippen molar-refractivity contribution in [1.29, 1.82) is 0 Å². The number of rotatable bonds is 3. The Morgan fingerprint density at radius 2 is 1.93 bits per heavy atom. The summed E-state index contributed by atoms with van der Waals surface area (Å²) in [6.45, 7) is 0. The molecule has 142 valence electrons. The average Bonchev–Trinajstić information content (AvgIpc) is 3.20. The normalized spacial score (nSPS) is 14.5. The summed E-state index contributed by atoms with van der Waals surface area (Å²) >= 11 is 6.74.